The van der Waals surface area contributed by atoms with Crippen LogP contribution in [0.4, 0.5) is 0 Å². The molecule has 1 amide bonds. The van der Waals surface area contributed by atoms with Crippen molar-refractivity contribution < 1.29 is 22.7 Å². The largest absolute Gasteiger partial charge is 0.449 e. The summed E-state index contributed by atoms with van der Waals surface area (Å²) in [4.78, 5) is 25.3. The molecule has 1 saturated carbocycles. The summed E-state index contributed by atoms with van der Waals surface area (Å²) in [6.07, 6.45) is 0.726. The van der Waals surface area contributed by atoms with Gasteiger partial charge in [-0.25, -0.2) is 17.9 Å². The van der Waals surface area contributed by atoms with Crippen LogP contribution in [0.3, 0.4) is 0 Å². The molecule has 1 aromatic carbocycles. The standard InChI is InChI=1S/C18H20N2O5S2/c1-12(17(21)19-11-15-3-2-10-26-15)25-18(22)13-4-8-16(9-5-13)27(23,24)20-14-6-7-14/h2-5,8-10,12,14,20H,6-7,11H2,1H3,(H,19,21). The van der Waals surface area contributed by atoms with Gasteiger partial charge in [0.05, 0.1) is 17.0 Å². The Morgan fingerprint density at radius 2 is 1.93 bits per heavy atom. The minimum Gasteiger partial charge on any atom is -0.449 e. The first-order valence-corrected chi connectivity index (χ1v) is 10.8. The highest BCUT2D eigenvalue weighted by Crippen LogP contribution is 2.22. The van der Waals surface area contributed by atoms with Gasteiger partial charge >= 0.3 is 5.97 Å². The molecule has 1 atom stereocenters. The molecule has 9 heteroatoms. The summed E-state index contributed by atoms with van der Waals surface area (Å²) in [7, 11) is -3.57. The van der Waals surface area contributed by atoms with Gasteiger partial charge in [-0.2, -0.15) is 0 Å². The van der Waals surface area contributed by atoms with E-state index in [4.69, 9.17) is 4.74 Å². The molecule has 1 heterocycles. The van der Waals surface area contributed by atoms with Crippen molar-refractivity contribution in [3.63, 3.8) is 0 Å². The van der Waals surface area contributed by atoms with Gasteiger partial charge in [0.2, 0.25) is 10.0 Å². The Balaban J connectivity index is 1.54. The van der Waals surface area contributed by atoms with Gasteiger partial charge in [0, 0.05) is 10.9 Å². The molecule has 2 N–H and O–H groups in total. The van der Waals surface area contributed by atoms with Crippen molar-refractivity contribution >= 4 is 33.2 Å². The lowest BCUT2D eigenvalue weighted by atomic mass is 10.2. The first-order chi connectivity index (χ1) is 12.8. The van der Waals surface area contributed by atoms with Gasteiger partial charge in [-0.05, 0) is 55.5 Å². The number of thiophene rings is 1. The summed E-state index contributed by atoms with van der Waals surface area (Å²) in [6.45, 7) is 1.86. The van der Waals surface area contributed by atoms with Crippen LogP contribution in [-0.4, -0.2) is 32.4 Å². The molecule has 0 bridgehead atoms. The number of amides is 1. The van der Waals surface area contributed by atoms with Gasteiger partial charge in [0.1, 0.15) is 0 Å². The van der Waals surface area contributed by atoms with Crippen LogP contribution in [0.1, 0.15) is 35.0 Å². The maximum atomic E-state index is 12.2. The Morgan fingerprint density at radius 3 is 2.52 bits per heavy atom. The molecule has 2 aromatic rings. The summed E-state index contributed by atoms with van der Waals surface area (Å²) in [5.41, 5.74) is 0.179. The fourth-order valence-corrected chi connectivity index (χ4v) is 4.22. The Hall–Kier alpha value is -2.23. The summed E-state index contributed by atoms with van der Waals surface area (Å²) in [5, 5.41) is 4.61. The molecule has 1 aliphatic carbocycles. The zero-order chi connectivity index (χ0) is 19.4. The molecule has 3 rings (SSSR count). The van der Waals surface area contributed by atoms with Crippen LogP contribution in [-0.2, 0) is 26.1 Å². The van der Waals surface area contributed by atoms with Gasteiger partial charge in [0.15, 0.2) is 6.10 Å². The van der Waals surface area contributed by atoms with E-state index >= 15 is 0 Å². The van der Waals surface area contributed by atoms with Gasteiger partial charge < -0.3 is 10.1 Å². The van der Waals surface area contributed by atoms with E-state index < -0.39 is 28.0 Å². The number of hydrogen-bond acceptors (Lipinski definition) is 6. The topological polar surface area (TPSA) is 102 Å². The van der Waals surface area contributed by atoms with Crippen LogP contribution in [0.15, 0.2) is 46.7 Å². The summed E-state index contributed by atoms with van der Waals surface area (Å²) < 4.78 is 32.0. The minimum atomic E-state index is -3.57. The summed E-state index contributed by atoms with van der Waals surface area (Å²) in [5.74, 6) is -1.09. The van der Waals surface area contributed by atoms with E-state index in [0.717, 1.165) is 17.7 Å². The molecular formula is C18H20N2O5S2. The van der Waals surface area contributed by atoms with E-state index in [9.17, 15) is 18.0 Å². The maximum Gasteiger partial charge on any atom is 0.338 e. The normalized spacial score (nSPS) is 15.1. The van der Waals surface area contributed by atoms with Crippen molar-refractivity contribution in [2.75, 3.05) is 0 Å². The second-order valence-electron chi connectivity index (χ2n) is 6.26. The highest BCUT2D eigenvalue weighted by Gasteiger charge is 2.28. The molecule has 7 nitrogen and oxygen atoms in total. The monoisotopic (exact) mass is 408 g/mol. The lowest BCUT2D eigenvalue weighted by molar-refractivity contribution is -0.129. The SMILES string of the molecule is CC(OC(=O)c1ccc(S(=O)(=O)NC2CC2)cc1)C(=O)NCc1cccs1. The second kappa shape index (κ2) is 8.20. The minimum absolute atomic E-state index is 0.00758. The fourth-order valence-electron chi connectivity index (χ4n) is 2.27. The number of carbonyl (C=O) groups excluding carboxylic acids is 2. The number of esters is 1. The zero-order valence-corrected chi connectivity index (χ0v) is 16.3. The van der Waals surface area contributed by atoms with Gasteiger partial charge in [0.25, 0.3) is 5.91 Å². The predicted octanol–water partition coefficient (Wildman–Crippen LogP) is 2.05. The number of sulfonamides is 1. The van der Waals surface area contributed by atoms with Gasteiger partial charge in [-0.15, -0.1) is 11.3 Å². The van der Waals surface area contributed by atoms with Crippen molar-refractivity contribution in [3.05, 3.63) is 52.2 Å². The third-order valence-corrected chi connectivity index (χ3v) is 6.38. The Kier molecular flexibility index (Phi) is 5.93. The van der Waals surface area contributed by atoms with Crippen LogP contribution in [0.25, 0.3) is 0 Å². The maximum absolute atomic E-state index is 12.2. The molecule has 1 aliphatic rings. The Morgan fingerprint density at radius 1 is 1.22 bits per heavy atom. The average molecular weight is 409 g/mol. The predicted molar refractivity (Wildman–Crippen MR) is 101 cm³/mol. The van der Waals surface area contributed by atoms with Crippen LogP contribution in [0.5, 0.6) is 0 Å². The smallest absolute Gasteiger partial charge is 0.338 e. The van der Waals surface area contributed by atoms with Gasteiger partial charge in [-0.1, -0.05) is 6.07 Å². The first-order valence-electron chi connectivity index (χ1n) is 8.48. The second-order valence-corrected chi connectivity index (χ2v) is 9.01. The van der Waals surface area contributed by atoms with Crippen molar-refractivity contribution in [2.45, 2.75) is 43.4 Å². The van der Waals surface area contributed by atoms with Gasteiger partial charge in [-0.3, -0.25) is 4.79 Å². The third-order valence-electron chi connectivity index (χ3n) is 3.97. The average Bonchev–Trinajstić information content (AvgIpc) is 3.29. The first kappa shape index (κ1) is 19.5. The molecule has 27 heavy (non-hydrogen) atoms. The summed E-state index contributed by atoms with van der Waals surface area (Å²) >= 11 is 1.52. The summed E-state index contributed by atoms with van der Waals surface area (Å²) in [6, 6.07) is 9.24. The molecular weight excluding hydrogens is 388 g/mol. The van der Waals surface area contributed by atoms with Crippen molar-refractivity contribution in [1.82, 2.24) is 10.0 Å². The highest BCUT2D eigenvalue weighted by atomic mass is 32.2. The van der Waals surface area contributed by atoms with E-state index in [1.807, 2.05) is 17.5 Å². The molecule has 0 aliphatic heterocycles. The van der Waals surface area contributed by atoms with E-state index in [-0.39, 0.29) is 16.5 Å². The fraction of sp³-hybridized carbons (Fsp3) is 0.333. The number of benzene rings is 1. The van der Waals surface area contributed by atoms with Crippen molar-refractivity contribution in [1.29, 1.82) is 0 Å². The van der Waals surface area contributed by atoms with E-state index in [1.54, 1.807) is 0 Å². The van der Waals surface area contributed by atoms with Crippen LogP contribution in [0, 0.1) is 0 Å². The molecule has 0 saturated heterocycles. The quantitative estimate of drug-likeness (QED) is 0.651. The molecule has 1 unspecified atom stereocenters. The van der Waals surface area contributed by atoms with E-state index in [2.05, 4.69) is 10.0 Å². The van der Waals surface area contributed by atoms with Crippen molar-refractivity contribution in [2.24, 2.45) is 0 Å². The third kappa shape index (κ3) is 5.38. The lowest BCUT2D eigenvalue weighted by Gasteiger charge is -2.13. The molecule has 0 spiro atoms. The Labute approximate surface area is 161 Å². The van der Waals surface area contributed by atoms with Crippen molar-refractivity contribution in [3.8, 4) is 0 Å². The lowest BCUT2D eigenvalue weighted by Crippen LogP contribution is -2.35. The van der Waals surface area contributed by atoms with Crippen LogP contribution >= 0.6 is 11.3 Å². The number of nitrogens with one attached hydrogen (secondary N) is 2. The molecule has 1 fully saturated rings. The number of carbonyl (C=O) groups is 2. The van der Waals surface area contributed by atoms with Crippen LogP contribution < -0.4 is 10.0 Å². The highest BCUT2D eigenvalue weighted by molar-refractivity contribution is 7.89. The van der Waals surface area contributed by atoms with Crippen LogP contribution in [0.2, 0.25) is 0 Å². The van der Waals surface area contributed by atoms with E-state index in [0.29, 0.717) is 6.54 Å². The Bertz CT molecular complexity index is 904. The number of rotatable bonds is 8. The number of ether oxygens (including phenoxy) is 1. The number of hydrogen-bond donors (Lipinski definition) is 2. The molecule has 144 valence electrons. The van der Waals surface area contributed by atoms with E-state index in [1.165, 1.54) is 42.5 Å². The molecule has 0 radical (unpaired) electrons. The molecule has 1 aromatic heterocycles. The zero-order valence-electron chi connectivity index (χ0n) is 14.7.